The third-order valence-corrected chi connectivity index (χ3v) is 10.0. The third kappa shape index (κ3) is 2.89. The van der Waals surface area contributed by atoms with Gasteiger partial charge in [0.25, 0.3) is 0 Å². The molecule has 23 heavy (non-hydrogen) atoms. The smallest absolute Gasteiger partial charge is 0.114 e. The minimum atomic E-state index is -0.128. The molecule has 0 aromatic heterocycles. The Morgan fingerprint density at radius 3 is 1.70 bits per heavy atom. The van der Waals surface area contributed by atoms with E-state index in [4.69, 9.17) is 0 Å². The molecule has 4 saturated heterocycles. The highest BCUT2D eigenvalue weighted by atomic mass is 79.9. The predicted molar refractivity (Wildman–Crippen MR) is 110 cm³/mol. The summed E-state index contributed by atoms with van der Waals surface area (Å²) >= 11 is 3.88. The van der Waals surface area contributed by atoms with Crippen molar-refractivity contribution in [3.63, 3.8) is 0 Å². The highest BCUT2D eigenvalue weighted by Gasteiger charge is 2.51. The Labute approximate surface area is 153 Å². The van der Waals surface area contributed by atoms with Gasteiger partial charge >= 0.3 is 0 Å². The molecule has 0 nitrogen and oxygen atoms in total. The van der Waals surface area contributed by atoms with E-state index in [2.05, 4.69) is 22.8 Å². The average Bonchev–Trinajstić information content (AvgIpc) is 2.51. The van der Waals surface area contributed by atoms with Crippen LogP contribution in [0.4, 0.5) is 0 Å². The Kier molecular flexibility index (Phi) is 5.25. The van der Waals surface area contributed by atoms with Crippen LogP contribution in [-0.2, 0) is 0 Å². The van der Waals surface area contributed by atoms with Crippen LogP contribution in [0.25, 0.3) is 0 Å². The molecule has 0 N–H and O–H groups in total. The van der Waals surface area contributed by atoms with E-state index in [0.717, 1.165) is 35.7 Å². The molecule has 0 aromatic rings. The van der Waals surface area contributed by atoms with E-state index in [0.29, 0.717) is 0 Å². The summed E-state index contributed by atoms with van der Waals surface area (Å²) in [6.45, 7) is 3.95. The second-order valence-electron chi connectivity index (χ2n) is 10.1. The fraction of sp³-hybridized carbons (Fsp3) is 1.00. The summed E-state index contributed by atoms with van der Waals surface area (Å²) in [7, 11) is 0. The van der Waals surface area contributed by atoms with E-state index in [1.54, 1.807) is 77.0 Å². The average molecular weight is 378 g/mol. The molecule has 4 aliphatic rings. The summed E-state index contributed by atoms with van der Waals surface area (Å²) in [4.78, 5) is 0. The van der Waals surface area contributed by atoms with Gasteiger partial charge in [0, 0.05) is 6.15 Å². The van der Waals surface area contributed by atoms with Crippen LogP contribution in [-0.4, -0.2) is 18.2 Å². The van der Waals surface area contributed by atoms with Crippen molar-refractivity contribution in [1.82, 2.24) is 0 Å². The van der Waals surface area contributed by atoms with Crippen molar-refractivity contribution in [2.75, 3.05) is 5.33 Å². The van der Waals surface area contributed by atoms with E-state index < -0.39 is 0 Å². The number of halogens is 1. The van der Waals surface area contributed by atoms with Crippen molar-refractivity contribution >= 4 is 28.8 Å². The zero-order chi connectivity index (χ0) is 15.9. The molecular weight excluding hydrogens is 342 g/mol. The summed E-state index contributed by atoms with van der Waals surface area (Å²) in [5, 5.41) is 1.25. The molecule has 130 valence electrons. The van der Waals surface area contributed by atoms with Gasteiger partial charge in [-0.1, -0.05) is 111 Å². The first-order chi connectivity index (χ1) is 11.2. The topological polar surface area (TPSA) is 0 Å². The molecule has 1 unspecified atom stereocenters. The van der Waals surface area contributed by atoms with E-state index in [1.807, 2.05) is 0 Å². The Balaban J connectivity index is 1.66. The van der Waals surface area contributed by atoms with E-state index in [1.165, 1.54) is 11.8 Å². The van der Waals surface area contributed by atoms with Crippen LogP contribution in [0.2, 0.25) is 35.8 Å². The number of hydrogen-bond acceptors (Lipinski definition) is 0. The lowest BCUT2D eigenvalue weighted by molar-refractivity contribution is 0.414. The van der Waals surface area contributed by atoms with Crippen LogP contribution < -0.4 is 0 Å². The second-order valence-corrected chi connectivity index (χ2v) is 10.9. The van der Waals surface area contributed by atoms with Crippen LogP contribution in [0.1, 0.15) is 83.5 Å². The van der Waals surface area contributed by atoms with Gasteiger partial charge in [0.15, 0.2) is 0 Å². The Hall–Kier alpha value is 0.610. The van der Waals surface area contributed by atoms with Crippen LogP contribution in [0.15, 0.2) is 0 Å². The minimum absolute atomic E-state index is 0.128. The fourth-order valence-corrected chi connectivity index (χ4v) is 9.21. The van der Waals surface area contributed by atoms with Crippen LogP contribution in [0.5, 0.6) is 0 Å². The van der Waals surface area contributed by atoms with E-state index in [-0.39, 0.29) is 6.15 Å². The van der Waals surface area contributed by atoms with Crippen LogP contribution >= 0.6 is 15.9 Å². The van der Waals surface area contributed by atoms with Gasteiger partial charge in [-0.05, 0) is 5.33 Å². The van der Waals surface area contributed by atoms with Gasteiger partial charge < -0.3 is 0 Å². The molecule has 0 aliphatic carbocycles. The molecule has 0 radical (unpaired) electrons. The van der Waals surface area contributed by atoms with Crippen molar-refractivity contribution in [2.24, 2.45) is 0 Å². The first-order valence-corrected chi connectivity index (χ1v) is 12.1. The van der Waals surface area contributed by atoms with Gasteiger partial charge in [0.05, 0.1) is 0 Å². The fourth-order valence-electron chi connectivity index (χ4n) is 8.68. The first kappa shape index (κ1) is 17.0. The molecule has 4 aliphatic heterocycles. The Morgan fingerprint density at radius 1 is 0.826 bits per heavy atom. The zero-order valence-corrected chi connectivity index (χ0v) is 16.9. The minimum Gasteiger partial charge on any atom is -0.190 e. The van der Waals surface area contributed by atoms with Gasteiger partial charge in [-0.2, -0.15) is 24.2 Å². The second kappa shape index (κ2) is 7.08. The Bertz CT molecular complexity index is 368. The van der Waals surface area contributed by atoms with Crippen molar-refractivity contribution in [3.8, 4) is 0 Å². The maximum Gasteiger partial charge on any atom is 0.114 e. The quantitative estimate of drug-likeness (QED) is 0.352. The lowest BCUT2D eigenvalue weighted by Crippen LogP contribution is -2.57. The Morgan fingerprint density at radius 2 is 1.26 bits per heavy atom. The molecule has 4 heterocycles. The molecule has 0 aromatic carbocycles. The number of alkyl halides is 1. The van der Waals surface area contributed by atoms with Gasteiger partial charge in [-0.3, -0.25) is 0 Å². The van der Waals surface area contributed by atoms with Crippen LogP contribution in [0, 0.1) is 0 Å². The van der Waals surface area contributed by atoms with Crippen molar-refractivity contribution in [1.29, 1.82) is 0 Å². The van der Waals surface area contributed by atoms with E-state index >= 15 is 0 Å². The SMILES string of the molecule is C[B-]1(C(CCBr)B2C3CCCC2CCC3)C2CCCC1CCC2. The molecule has 4 bridgehead atoms. The van der Waals surface area contributed by atoms with Gasteiger partial charge in [-0.15, -0.1) is 0 Å². The van der Waals surface area contributed by atoms with Crippen molar-refractivity contribution in [2.45, 2.75) is 119 Å². The summed E-state index contributed by atoms with van der Waals surface area (Å²) in [5.74, 6) is 4.45. The van der Waals surface area contributed by atoms with Gasteiger partial charge in [-0.25, -0.2) is 0 Å². The summed E-state index contributed by atoms with van der Waals surface area (Å²) in [6, 6.07) is 0. The van der Waals surface area contributed by atoms with Gasteiger partial charge in [0.1, 0.15) is 6.71 Å². The highest BCUT2D eigenvalue weighted by molar-refractivity contribution is 9.09. The molecule has 0 saturated carbocycles. The largest absolute Gasteiger partial charge is 0.190 e. The molecule has 0 amide bonds. The lowest BCUT2D eigenvalue weighted by Gasteiger charge is -2.65. The molecule has 3 heteroatoms. The first-order valence-electron chi connectivity index (χ1n) is 11.0. The summed E-state index contributed by atoms with van der Waals surface area (Å²) in [6.07, 6.45) is 20.1. The molecule has 4 rings (SSSR count). The summed E-state index contributed by atoms with van der Waals surface area (Å²) < 4.78 is 0. The number of hydrogen-bond donors (Lipinski definition) is 0. The summed E-state index contributed by atoms with van der Waals surface area (Å²) in [5.41, 5.74) is 1.08. The normalized spacial score (nSPS) is 44.9. The number of rotatable bonds is 4. The van der Waals surface area contributed by atoms with Crippen LogP contribution in [0.3, 0.4) is 0 Å². The molecular formula is C20H36B2Br-. The van der Waals surface area contributed by atoms with Crippen molar-refractivity contribution < 1.29 is 0 Å². The standard InChI is InChI=1S/C20H36B2Br/c1-22(18-10-4-11-19(22)13-5-12-18)20(14-15-23)21-16-6-2-7-17(21)9-3-8-16/h16-20H,2-15H2,1H3/q-1. The third-order valence-electron chi connectivity index (χ3n) is 9.58. The zero-order valence-electron chi connectivity index (χ0n) is 15.3. The molecule has 0 spiro atoms. The monoisotopic (exact) mass is 377 g/mol. The van der Waals surface area contributed by atoms with E-state index in [9.17, 15) is 0 Å². The molecule has 4 fully saturated rings. The highest BCUT2D eigenvalue weighted by Crippen LogP contribution is 2.62. The maximum atomic E-state index is 3.88. The molecule has 1 atom stereocenters. The van der Waals surface area contributed by atoms with Crippen molar-refractivity contribution in [3.05, 3.63) is 0 Å². The predicted octanol–water partition coefficient (Wildman–Crippen LogP) is 7.47. The maximum absolute atomic E-state index is 3.88. The lowest BCUT2D eigenvalue weighted by atomic mass is 8.96. The van der Waals surface area contributed by atoms with Gasteiger partial charge in [0.2, 0.25) is 0 Å². The number of fused-ring (bicyclic) bond motifs is 4.